The number of hydrogen-bond acceptors (Lipinski definition) is 2. The highest BCUT2D eigenvalue weighted by Gasteiger charge is 2.42. The molecule has 0 aromatic heterocycles. The van der Waals surface area contributed by atoms with E-state index in [1.165, 1.54) is 25.7 Å². The lowest BCUT2D eigenvalue weighted by Gasteiger charge is -2.32. The molecule has 1 aliphatic carbocycles. The normalized spacial score (nSPS) is 29.9. The number of rotatable bonds is 5. The molecule has 1 amide bonds. The highest BCUT2D eigenvalue weighted by molar-refractivity contribution is 5.83. The number of hydrogen-bond donors (Lipinski definition) is 2. The van der Waals surface area contributed by atoms with E-state index >= 15 is 0 Å². The van der Waals surface area contributed by atoms with Crippen molar-refractivity contribution in [3.05, 3.63) is 0 Å². The fourth-order valence-electron chi connectivity index (χ4n) is 3.93. The van der Waals surface area contributed by atoms with Gasteiger partial charge in [0.2, 0.25) is 5.91 Å². The van der Waals surface area contributed by atoms with Gasteiger partial charge in [-0.3, -0.25) is 4.79 Å². The third-order valence-electron chi connectivity index (χ3n) is 4.94. The summed E-state index contributed by atoms with van der Waals surface area (Å²) in [6, 6.07) is 0. The van der Waals surface area contributed by atoms with Crippen LogP contribution in [0.3, 0.4) is 0 Å². The summed E-state index contributed by atoms with van der Waals surface area (Å²) in [5.74, 6) is 0.915. The van der Waals surface area contributed by atoms with E-state index in [-0.39, 0.29) is 11.0 Å². The SMILES string of the molecule is CC(C)CC1(C(=O)NCC2(C)CCCN2)CCCC1. The summed E-state index contributed by atoms with van der Waals surface area (Å²) in [6.07, 6.45) is 8.05. The molecule has 0 aromatic rings. The second-order valence-electron chi connectivity index (χ2n) is 7.36. The van der Waals surface area contributed by atoms with Crippen LogP contribution in [0.5, 0.6) is 0 Å². The van der Waals surface area contributed by atoms with Crippen LogP contribution < -0.4 is 10.6 Å². The van der Waals surface area contributed by atoms with E-state index in [1.54, 1.807) is 0 Å². The first-order chi connectivity index (χ1) is 8.96. The van der Waals surface area contributed by atoms with Crippen LogP contribution in [-0.4, -0.2) is 24.5 Å². The smallest absolute Gasteiger partial charge is 0.226 e. The molecular formula is C16H30N2O. The Bertz CT molecular complexity index is 313. The molecule has 0 radical (unpaired) electrons. The second-order valence-corrected chi connectivity index (χ2v) is 7.36. The average molecular weight is 266 g/mol. The van der Waals surface area contributed by atoms with Crippen molar-refractivity contribution in [1.82, 2.24) is 10.6 Å². The maximum Gasteiger partial charge on any atom is 0.226 e. The monoisotopic (exact) mass is 266 g/mol. The first kappa shape index (κ1) is 14.8. The van der Waals surface area contributed by atoms with Gasteiger partial charge in [0.05, 0.1) is 0 Å². The van der Waals surface area contributed by atoms with Crippen LogP contribution in [0.1, 0.15) is 65.7 Å². The predicted octanol–water partition coefficient (Wildman–Crippen LogP) is 2.85. The average Bonchev–Trinajstić information content (AvgIpc) is 2.96. The Morgan fingerprint density at radius 2 is 1.89 bits per heavy atom. The number of nitrogens with one attached hydrogen (secondary N) is 2. The molecule has 0 bridgehead atoms. The van der Waals surface area contributed by atoms with Crippen molar-refractivity contribution in [3.8, 4) is 0 Å². The lowest BCUT2D eigenvalue weighted by atomic mass is 9.77. The van der Waals surface area contributed by atoms with Gasteiger partial charge >= 0.3 is 0 Å². The van der Waals surface area contributed by atoms with Crippen LogP contribution in [0.2, 0.25) is 0 Å². The fraction of sp³-hybridized carbons (Fsp3) is 0.938. The molecule has 19 heavy (non-hydrogen) atoms. The summed E-state index contributed by atoms with van der Waals surface area (Å²) < 4.78 is 0. The lowest BCUT2D eigenvalue weighted by Crippen LogP contribution is -2.50. The summed E-state index contributed by atoms with van der Waals surface area (Å²) in [5, 5.41) is 6.77. The summed E-state index contributed by atoms with van der Waals surface area (Å²) >= 11 is 0. The predicted molar refractivity (Wildman–Crippen MR) is 79.0 cm³/mol. The number of carbonyl (C=O) groups excluding carboxylic acids is 1. The summed E-state index contributed by atoms with van der Waals surface area (Å²) in [5.41, 5.74) is 0.0520. The third-order valence-corrected chi connectivity index (χ3v) is 4.94. The molecule has 1 unspecified atom stereocenters. The minimum atomic E-state index is -0.0663. The van der Waals surface area contributed by atoms with Gasteiger partial charge in [-0.15, -0.1) is 0 Å². The van der Waals surface area contributed by atoms with Crippen molar-refractivity contribution in [2.75, 3.05) is 13.1 Å². The van der Waals surface area contributed by atoms with Crippen LogP contribution in [-0.2, 0) is 4.79 Å². The van der Waals surface area contributed by atoms with Gasteiger partial charge < -0.3 is 10.6 Å². The largest absolute Gasteiger partial charge is 0.354 e. The second kappa shape index (κ2) is 5.82. The van der Waals surface area contributed by atoms with Crippen molar-refractivity contribution in [2.45, 2.75) is 71.3 Å². The minimum absolute atomic E-state index is 0.0663. The van der Waals surface area contributed by atoms with Crippen molar-refractivity contribution < 1.29 is 4.79 Å². The zero-order valence-corrected chi connectivity index (χ0v) is 12.8. The molecule has 3 heteroatoms. The molecule has 2 fully saturated rings. The maximum atomic E-state index is 12.7. The first-order valence-electron chi connectivity index (χ1n) is 7.99. The highest BCUT2D eigenvalue weighted by Crippen LogP contribution is 2.43. The Morgan fingerprint density at radius 3 is 2.42 bits per heavy atom. The van der Waals surface area contributed by atoms with Gasteiger partial charge in [0.1, 0.15) is 0 Å². The van der Waals surface area contributed by atoms with Gasteiger partial charge in [-0.25, -0.2) is 0 Å². The van der Waals surface area contributed by atoms with E-state index in [0.717, 1.165) is 32.4 Å². The van der Waals surface area contributed by atoms with Gasteiger partial charge in [-0.05, 0) is 51.5 Å². The van der Waals surface area contributed by atoms with Crippen LogP contribution in [0.4, 0.5) is 0 Å². The van der Waals surface area contributed by atoms with Crippen molar-refractivity contribution in [1.29, 1.82) is 0 Å². The summed E-state index contributed by atoms with van der Waals surface area (Å²) in [6.45, 7) is 8.56. The number of amides is 1. The van der Waals surface area contributed by atoms with Crippen LogP contribution in [0.15, 0.2) is 0 Å². The van der Waals surface area contributed by atoms with E-state index in [1.807, 2.05) is 0 Å². The van der Waals surface area contributed by atoms with Crippen LogP contribution in [0, 0.1) is 11.3 Å². The molecule has 1 atom stereocenters. The van der Waals surface area contributed by atoms with E-state index in [0.29, 0.717) is 11.8 Å². The molecular weight excluding hydrogens is 236 g/mol. The minimum Gasteiger partial charge on any atom is -0.354 e. The van der Waals surface area contributed by atoms with Gasteiger partial charge in [-0.1, -0.05) is 26.7 Å². The Kier molecular flexibility index (Phi) is 4.54. The summed E-state index contributed by atoms with van der Waals surface area (Å²) in [4.78, 5) is 12.7. The van der Waals surface area contributed by atoms with Gasteiger partial charge in [0.25, 0.3) is 0 Å². The highest BCUT2D eigenvalue weighted by atomic mass is 16.2. The standard InChI is InChI=1S/C16H30N2O/c1-13(2)11-16(8-4-5-9-16)14(19)17-12-15(3)7-6-10-18-15/h13,18H,4-12H2,1-3H3,(H,17,19). The Labute approximate surface area is 117 Å². The maximum absolute atomic E-state index is 12.7. The van der Waals surface area contributed by atoms with Crippen LogP contribution >= 0.6 is 0 Å². The third kappa shape index (κ3) is 3.50. The molecule has 0 spiro atoms. The molecule has 1 aliphatic heterocycles. The van der Waals surface area contributed by atoms with E-state index < -0.39 is 0 Å². The molecule has 1 saturated heterocycles. The van der Waals surface area contributed by atoms with E-state index in [4.69, 9.17) is 0 Å². The van der Waals surface area contributed by atoms with Crippen molar-refractivity contribution in [3.63, 3.8) is 0 Å². The Morgan fingerprint density at radius 1 is 1.21 bits per heavy atom. The van der Waals surface area contributed by atoms with E-state index in [2.05, 4.69) is 31.4 Å². The van der Waals surface area contributed by atoms with Gasteiger partial charge in [0.15, 0.2) is 0 Å². The van der Waals surface area contributed by atoms with Crippen molar-refractivity contribution in [2.24, 2.45) is 11.3 Å². The van der Waals surface area contributed by atoms with Crippen molar-refractivity contribution >= 4 is 5.91 Å². The molecule has 1 saturated carbocycles. The zero-order chi connectivity index (χ0) is 13.9. The molecule has 3 nitrogen and oxygen atoms in total. The molecule has 2 aliphatic rings. The van der Waals surface area contributed by atoms with Gasteiger partial charge in [-0.2, -0.15) is 0 Å². The molecule has 2 rings (SSSR count). The molecule has 110 valence electrons. The van der Waals surface area contributed by atoms with Gasteiger partial charge in [0, 0.05) is 17.5 Å². The number of carbonyl (C=O) groups is 1. The Hall–Kier alpha value is -0.570. The fourth-order valence-corrected chi connectivity index (χ4v) is 3.93. The molecule has 2 N–H and O–H groups in total. The first-order valence-corrected chi connectivity index (χ1v) is 7.99. The van der Waals surface area contributed by atoms with E-state index in [9.17, 15) is 4.79 Å². The zero-order valence-electron chi connectivity index (χ0n) is 12.8. The molecule has 1 heterocycles. The lowest BCUT2D eigenvalue weighted by molar-refractivity contribution is -0.132. The summed E-state index contributed by atoms with van der Waals surface area (Å²) in [7, 11) is 0. The Balaban J connectivity index is 1.92. The quantitative estimate of drug-likeness (QED) is 0.803. The molecule has 0 aromatic carbocycles. The topological polar surface area (TPSA) is 41.1 Å². The van der Waals surface area contributed by atoms with Crippen LogP contribution in [0.25, 0.3) is 0 Å².